The van der Waals surface area contributed by atoms with Gasteiger partial charge in [-0.05, 0) is 24.1 Å². The Morgan fingerprint density at radius 1 is 1.54 bits per heavy atom. The van der Waals surface area contributed by atoms with E-state index in [0.29, 0.717) is 5.56 Å². The van der Waals surface area contributed by atoms with Crippen molar-refractivity contribution in [2.24, 2.45) is 0 Å². The Morgan fingerprint density at radius 3 is 2.69 bits per heavy atom. The molecule has 0 aliphatic carbocycles. The van der Waals surface area contributed by atoms with Gasteiger partial charge < -0.3 is 5.11 Å². The zero-order chi connectivity index (χ0) is 9.84. The Hall–Kier alpha value is -1.02. The van der Waals surface area contributed by atoms with E-state index in [1.54, 1.807) is 12.1 Å². The summed E-state index contributed by atoms with van der Waals surface area (Å²) >= 11 is 5.37. The molecule has 0 atom stereocenters. The van der Waals surface area contributed by atoms with Crippen molar-refractivity contribution in [3.8, 4) is 5.75 Å². The van der Waals surface area contributed by atoms with Crippen LogP contribution >= 0.6 is 11.6 Å². The maximum atomic E-state index is 11.1. The molecule has 0 aromatic heterocycles. The Morgan fingerprint density at radius 2 is 2.23 bits per heavy atom. The zero-order valence-electron chi connectivity index (χ0n) is 7.38. The van der Waals surface area contributed by atoms with E-state index in [-0.39, 0.29) is 17.4 Å². The summed E-state index contributed by atoms with van der Waals surface area (Å²) in [6, 6.07) is 5.03. The number of Topliss-reactive ketones (excluding diaryl/α,β-unsaturated/α-hetero) is 1. The number of aromatic hydroxyl groups is 1. The molecule has 0 saturated carbocycles. The molecule has 1 aromatic carbocycles. The molecule has 0 unspecified atom stereocenters. The average Bonchev–Trinajstić information content (AvgIpc) is 2.16. The lowest BCUT2D eigenvalue weighted by Crippen LogP contribution is -2.00. The molecule has 0 aliphatic heterocycles. The molecule has 3 heteroatoms. The number of aryl methyl sites for hydroxylation is 1. The monoisotopic (exact) mass is 198 g/mol. The van der Waals surface area contributed by atoms with Crippen molar-refractivity contribution in [3.63, 3.8) is 0 Å². The molecule has 1 aromatic rings. The second-order valence-corrected chi connectivity index (χ2v) is 3.03. The summed E-state index contributed by atoms with van der Waals surface area (Å²) in [6.07, 6.45) is 0.836. The highest BCUT2D eigenvalue weighted by Gasteiger charge is 2.09. The molecular weight excluding hydrogens is 188 g/mol. The number of carbonyl (C=O) groups is 1. The second kappa shape index (κ2) is 4.28. The molecule has 13 heavy (non-hydrogen) atoms. The molecule has 0 heterocycles. The van der Waals surface area contributed by atoms with Crippen molar-refractivity contribution in [3.05, 3.63) is 29.3 Å². The summed E-state index contributed by atoms with van der Waals surface area (Å²) < 4.78 is 0. The van der Waals surface area contributed by atoms with Gasteiger partial charge in [0, 0.05) is 0 Å². The van der Waals surface area contributed by atoms with Crippen LogP contribution in [0, 0.1) is 0 Å². The molecule has 70 valence electrons. The van der Waals surface area contributed by atoms with E-state index >= 15 is 0 Å². The van der Waals surface area contributed by atoms with Gasteiger partial charge in [-0.15, -0.1) is 11.6 Å². The molecule has 0 fully saturated rings. The molecule has 0 bridgehead atoms. The molecule has 0 amide bonds. The standard InChI is InChI=1S/C10H11ClO2/c1-2-7-3-4-8(9(12)5-7)10(13)6-11/h3-5,12H,2,6H2,1H3. The SMILES string of the molecule is CCc1ccc(C(=O)CCl)c(O)c1. The lowest BCUT2D eigenvalue weighted by atomic mass is 10.1. The number of benzene rings is 1. The van der Waals surface area contributed by atoms with Crippen LogP contribution in [0.3, 0.4) is 0 Å². The summed E-state index contributed by atoms with van der Waals surface area (Å²) in [5.41, 5.74) is 1.30. The minimum atomic E-state index is -0.248. The summed E-state index contributed by atoms with van der Waals surface area (Å²) in [5, 5.41) is 9.44. The third kappa shape index (κ3) is 2.22. The number of carbonyl (C=O) groups excluding carboxylic acids is 1. The maximum Gasteiger partial charge on any atom is 0.181 e. The van der Waals surface area contributed by atoms with Gasteiger partial charge in [0.2, 0.25) is 0 Å². The van der Waals surface area contributed by atoms with Gasteiger partial charge in [-0.3, -0.25) is 4.79 Å². The van der Waals surface area contributed by atoms with Crippen LogP contribution < -0.4 is 0 Å². The minimum absolute atomic E-state index is 0.0185. The fourth-order valence-corrected chi connectivity index (χ4v) is 1.25. The Kier molecular flexibility index (Phi) is 3.32. The van der Waals surface area contributed by atoms with Crippen LogP contribution in [-0.4, -0.2) is 16.8 Å². The van der Waals surface area contributed by atoms with Crippen LogP contribution in [0.4, 0.5) is 0 Å². The lowest BCUT2D eigenvalue weighted by Gasteiger charge is -2.03. The van der Waals surface area contributed by atoms with Crippen molar-refractivity contribution < 1.29 is 9.90 Å². The Balaban J connectivity index is 3.05. The lowest BCUT2D eigenvalue weighted by molar-refractivity contribution is 0.101. The smallest absolute Gasteiger partial charge is 0.181 e. The van der Waals surface area contributed by atoms with E-state index in [4.69, 9.17) is 11.6 Å². The number of alkyl halides is 1. The average molecular weight is 199 g/mol. The van der Waals surface area contributed by atoms with Crippen molar-refractivity contribution in [1.82, 2.24) is 0 Å². The van der Waals surface area contributed by atoms with E-state index in [1.807, 2.05) is 13.0 Å². The highest BCUT2D eigenvalue weighted by molar-refractivity contribution is 6.30. The molecule has 0 spiro atoms. The molecule has 0 aliphatic rings. The molecule has 1 rings (SSSR count). The number of phenols is 1. The van der Waals surface area contributed by atoms with E-state index in [0.717, 1.165) is 12.0 Å². The molecule has 2 nitrogen and oxygen atoms in total. The van der Waals surface area contributed by atoms with Gasteiger partial charge in [0.25, 0.3) is 0 Å². The summed E-state index contributed by atoms with van der Waals surface area (Å²) in [6.45, 7) is 1.98. The van der Waals surface area contributed by atoms with Crippen molar-refractivity contribution in [2.75, 3.05) is 5.88 Å². The van der Waals surface area contributed by atoms with E-state index in [9.17, 15) is 9.90 Å². The number of ketones is 1. The topological polar surface area (TPSA) is 37.3 Å². The number of hydrogen-bond donors (Lipinski definition) is 1. The first kappa shape index (κ1) is 10.1. The highest BCUT2D eigenvalue weighted by Crippen LogP contribution is 2.19. The third-order valence-corrected chi connectivity index (χ3v) is 2.13. The van der Waals surface area contributed by atoms with E-state index in [2.05, 4.69) is 0 Å². The third-order valence-electron chi connectivity index (χ3n) is 1.89. The minimum Gasteiger partial charge on any atom is -0.507 e. The van der Waals surface area contributed by atoms with Crippen LogP contribution in [0.5, 0.6) is 5.75 Å². The predicted octanol–water partition coefficient (Wildman–Crippen LogP) is 2.38. The Labute approximate surface area is 82.2 Å². The van der Waals surface area contributed by atoms with Crippen LogP contribution in [-0.2, 0) is 6.42 Å². The number of hydrogen-bond acceptors (Lipinski definition) is 2. The number of rotatable bonds is 3. The van der Waals surface area contributed by atoms with Crippen molar-refractivity contribution in [2.45, 2.75) is 13.3 Å². The first-order valence-corrected chi connectivity index (χ1v) is 4.63. The largest absolute Gasteiger partial charge is 0.507 e. The molecular formula is C10H11ClO2. The van der Waals surface area contributed by atoms with Crippen LogP contribution in [0.25, 0.3) is 0 Å². The van der Waals surface area contributed by atoms with Gasteiger partial charge in [-0.25, -0.2) is 0 Å². The van der Waals surface area contributed by atoms with Crippen molar-refractivity contribution >= 4 is 17.4 Å². The van der Waals surface area contributed by atoms with Crippen LogP contribution in [0.15, 0.2) is 18.2 Å². The van der Waals surface area contributed by atoms with E-state index < -0.39 is 0 Å². The van der Waals surface area contributed by atoms with Gasteiger partial charge in [-0.2, -0.15) is 0 Å². The first-order valence-electron chi connectivity index (χ1n) is 4.10. The molecule has 0 saturated heterocycles. The van der Waals surface area contributed by atoms with Gasteiger partial charge >= 0.3 is 0 Å². The van der Waals surface area contributed by atoms with Gasteiger partial charge in [0.15, 0.2) is 5.78 Å². The highest BCUT2D eigenvalue weighted by atomic mass is 35.5. The summed E-state index contributed by atoms with van der Waals surface area (Å²) in [5.74, 6) is -0.328. The molecule has 0 radical (unpaired) electrons. The number of halogens is 1. The summed E-state index contributed by atoms with van der Waals surface area (Å²) in [7, 11) is 0. The van der Waals surface area contributed by atoms with Crippen LogP contribution in [0.2, 0.25) is 0 Å². The fourth-order valence-electron chi connectivity index (χ4n) is 1.10. The predicted molar refractivity (Wildman–Crippen MR) is 52.5 cm³/mol. The van der Waals surface area contributed by atoms with Gasteiger partial charge in [0.1, 0.15) is 5.75 Å². The quantitative estimate of drug-likeness (QED) is 0.598. The van der Waals surface area contributed by atoms with Gasteiger partial charge in [-0.1, -0.05) is 13.0 Å². The molecule has 1 N–H and O–H groups in total. The first-order chi connectivity index (χ1) is 6.19. The normalized spacial score (nSPS) is 10.0. The summed E-state index contributed by atoms with van der Waals surface area (Å²) in [4.78, 5) is 11.1. The Bertz CT molecular complexity index is 321. The number of phenolic OH excluding ortho intramolecular Hbond substituents is 1. The van der Waals surface area contributed by atoms with Gasteiger partial charge in [0.05, 0.1) is 11.4 Å². The zero-order valence-corrected chi connectivity index (χ0v) is 8.14. The maximum absolute atomic E-state index is 11.1. The second-order valence-electron chi connectivity index (χ2n) is 2.76. The van der Waals surface area contributed by atoms with E-state index in [1.165, 1.54) is 0 Å². The fraction of sp³-hybridized carbons (Fsp3) is 0.300. The van der Waals surface area contributed by atoms with Crippen molar-refractivity contribution in [1.29, 1.82) is 0 Å². The van der Waals surface area contributed by atoms with Crippen LogP contribution in [0.1, 0.15) is 22.8 Å².